The van der Waals surface area contributed by atoms with Crippen molar-refractivity contribution in [3.8, 4) is 0 Å². The van der Waals surface area contributed by atoms with Gasteiger partial charge >= 0.3 is 0 Å². The molecule has 0 radical (unpaired) electrons. The van der Waals surface area contributed by atoms with Crippen LogP contribution in [0.3, 0.4) is 0 Å². The molecule has 0 spiro atoms. The van der Waals surface area contributed by atoms with Crippen LogP contribution >= 0.6 is 0 Å². The lowest BCUT2D eigenvalue weighted by Gasteiger charge is -2.30. The summed E-state index contributed by atoms with van der Waals surface area (Å²) in [4.78, 5) is 17.9. The molecule has 0 aliphatic rings. The monoisotopic (exact) mass is 264 g/mol. The number of pyridine rings is 1. The third kappa shape index (κ3) is 4.96. The number of carbonyl (C=O) groups excluding carboxylic acids is 1. The maximum absolute atomic E-state index is 11.8. The number of amides is 1. The minimum Gasteiger partial charge on any atom is -0.353 e. The van der Waals surface area contributed by atoms with Gasteiger partial charge in [-0.1, -0.05) is 6.07 Å². The first kappa shape index (κ1) is 15.6. The predicted octanol–water partition coefficient (Wildman–Crippen LogP) is 0.926. The van der Waals surface area contributed by atoms with E-state index in [1.807, 2.05) is 44.9 Å². The van der Waals surface area contributed by atoms with Gasteiger partial charge in [0.15, 0.2) is 0 Å². The summed E-state index contributed by atoms with van der Waals surface area (Å²) in [5, 5.41) is 2.88. The maximum atomic E-state index is 11.8. The number of nitrogens with one attached hydrogen (secondary N) is 1. The molecular weight excluding hydrogens is 240 g/mol. The van der Waals surface area contributed by atoms with Gasteiger partial charge in [-0.25, -0.2) is 0 Å². The first-order chi connectivity index (χ1) is 8.91. The van der Waals surface area contributed by atoms with Crippen LogP contribution in [0.4, 0.5) is 0 Å². The quantitative estimate of drug-likeness (QED) is 0.801. The van der Waals surface area contributed by atoms with Crippen LogP contribution in [0, 0.1) is 0 Å². The van der Waals surface area contributed by atoms with Gasteiger partial charge in [0.25, 0.3) is 0 Å². The zero-order valence-electron chi connectivity index (χ0n) is 12.1. The Hall–Kier alpha value is -1.46. The van der Waals surface area contributed by atoms with Gasteiger partial charge in [0.05, 0.1) is 12.6 Å². The van der Waals surface area contributed by atoms with Crippen LogP contribution in [0.2, 0.25) is 0 Å². The summed E-state index contributed by atoms with van der Waals surface area (Å²) >= 11 is 0. The van der Waals surface area contributed by atoms with E-state index < -0.39 is 0 Å². The van der Waals surface area contributed by atoms with Gasteiger partial charge in [-0.2, -0.15) is 0 Å². The Bertz CT molecular complexity index is 392. The number of rotatable bonds is 6. The number of hydrogen-bond acceptors (Lipinski definition) is 4. The van der Waals surface area contributed by atoms with Crippen LogP contribution in [0.5, 0.6) is 0 Å². The molecule has 0 saturated heterocycles. The summed E-state index contributed by atoms with van der Waals surface area (Å²) in [5.74, 6) is 0.00652. The predicted molar refractivity (Wildman–Crippen MR) is 76.5 cm³/mol. The molecular formula is C14H24N4O. The van der Waals surface area contributed by atoms with E-state index in [2.05, 4.69) is 10.3 Å². The number of aromatic nitrogens is 1. The normalized spacial score (nSPS) is 14.5. The van der Waals surface area contributed by atoms with Crippen molar-refractivity contribution in [1.29, 1.82) is 0 Å². The molecule has 19 heavy (non-hydrogen) atoms. The fourth-order valence-corrected chi connectivity index (χ4v) is 2.20. The van der Waals surface area contributed by atoms with Crippen LogP contribution in [0.25, 0.3) is 0 Å². The Morgan fingerprint density at radius 2 is 2.16 bits per heavy atom. The first-order valence-corrected chi connectivity index (χ1v) is 6.57. The highest BCUT2D eigenvalue weighted by molar-refractivity contribution is 5.78. The standard InChI is InChI=1S/C14H24N4O/c1-10(2)17-13(19)9-18(4)14(11(3)15)12-6-5-7-16-8-12/h5-8,10-11,14H,9,15H2,1-4H3,(H,17,19). The second-order valence-corrected chi connectivity index (χ2v) is 5.23. The molecule has 3 N–H and O–H groups in total. The van der Waals surface area contributed by atoms with Gasteiger partial charge in [-0.15, -0.1) is 0 Å². The Balaban J connectivity index is 2.75. The minimum atomic E-state index is -0.0824. The summed E-state index contributed by atoms with van der Waals surface area (Å²) in [5.41, 5.74) is 7.07. The summed E-state index contributed by atoms with van der Waals surface area (Å²) < 4.78 is 0. The average Bonchev–Trinajstić information content (AvgIpc) is 2.28. The third-order valence-electron chi connectivity index (χ3n) is 2.84. The molecule has 2 unspecified atom stereocenters. The average molecular weight is 264 g/mol. The lowest BCUT2D eigenvalue weighted by molar-refractivity contribution is -0.123. The van der Waals surface area contributed by atoms with Gasteiger partial charge in [-0.3, -0.25) is 14.7 Å². The first-order valence-electron chi connectivity index (χ1n) is 6.57. The van der Waals surface area contributed by atoms with Gasteiger partial charge < -0.3 is 11.1 Å². The molecule has 0 saturated carbocycles. The van der Waals surface area contributed by atoms with Crippen molar-refractivity contribution < 1.29 is 4.79 Å². The topological polar surface area (TPSA) is 71.2 Å². The number of nitrogens with two attached hydrogens (primary N) is 1. The Kier molecular flexibility index (Phi) is 5.92. The highest BCUT2D eigenvalue weighted by atomic mass is 16.2. The molecule has 1 amide bonds. The molecule has 106 valence electrons. The highest BCUT2D eigenvalue weighted by Gasteiger charge is 2.23. The van der Waals surface area contributed by atoms with E-state index in [4.69, 9.17) is 5.73 Å². The SMILES string of the molecule is CC(C)NC(=O)CN(C)C(c1cccnc1)C(C)N. The zero-order valence-corrected chi connectivity index (χ0v) is 12.1. The Morgan fingerprint density at radius 3 is 2.63 bits per heavy atom. The molecule has 1 aromatic heterocycles. The van der Waals surface area contributed by atoms with E-state index in [0.29, 0.717) is 6.54 Å². The Morgan fingerprint density at radius 1 is 1.47 bits per heavy atom. The van der Waals surface area contributed by atoms with Crippen molar-refractivity contribution >= 4 is 5.91 Å². The van der Waals surface area contributed by atoms with Crippen molar-refractivity contribution in [2.75, 3.05) is 13.6 Å². The lowest BCUT2D eigenvalue weighted by Crippen LogP contribution is -2.44. The van der Waals surface area contributed by atoms with Crippen molar-refractivity contribution in [3.63, 3.8) is 0 Å². The molecule has 0 aliphatic heterocycles. The van der Waals surface area contributed by atoms with E-state index >= 15 is 0 Å². The van der Waals surface area contributed by atoms with E-state index in [0.717, 1.165) is 5.56 Å². The third-order valence-corrected chi connectivity index (χ3v) is 2.84. The summed E-state index contributed by atoms with van der Waals surface area (Å²) in [7, 11) is 1.90. The Labute approximate surface area is 115 Å². The summed E-state index contributed by atoms with van der Waals surface area (Å²) in [6.07, 6.45) is 3.53. The van der Waals surface area contributed by atoms with Crippen LogP contribution in [0.15, 0.2) is 24.5 Å². The van der Waals surface area contributed by atoms with Crippen molar-refractivity contribution in [1.82, 2.24) is 15.2 Å². The van der Waals surface area contributed by atoms with Gasteiger partial charge in [0.2, 0.25) is 5.91 Å². The molecule has 0 fully saturated rings. The molecule has 1 aromatic rings. The largest absolute Gasteiger partial charge is 0.353 e. The lowest BCUT2D eigenvalue weighted by atomic mass is 10.0. The number of hydrogen-bond donors (Lipinski definition) is 2. The van der Waals surface area contributed by atoms with E-state index in [1.54, 1.807) is 12.4 Å². The van der Waals surface area contributed by atoms with E-state index in [9.17, 15) is 4.79 Å². The van der Waals surface area contributed by atoms with Crippen LogP contribution in [-0.4, -0.2) is 41.5 Å². The molecule has 1 heterocycles. The second-order valence-electron chi connectivity index (χ2n) is 5.23. The molecule has 5 nitrogen and oxygen atoms in total. The second kappa shape index (κ2) is 7.21. The fraction of sp³-hybridized carbons (Fsp3) is 0.571. The van der Waals surface area contributed by atoms with Crippen LogP contribution in [0.1, 0.15) is 32.4 Å². The van der Waals surface area contributed by atoms with Gasteiger partial charge in [0.1, 0.15) is 0 Å². The van der Waals surface area contributed by atoms with E-state index in [1.165, 1.54) is 0 Å². The van der Waals surface area contributed by atoms with Gasteiger partial charge in [-0.05, 0) is 39.4 Å². The molecule has 5 heteroatoms. The maximum Gasteiger partial charge on any atom is 0.234 e. The molecule has 1 rings (SSSR count). The fourth-order valence-electron chi connectivity index (χ4n) is 2.20. The molecule has 2 atom stereocenters. The highest BCUT2D eigenvalue weighted by Crippen LogP contribution is 2.20. The number of carbonyl (C=O) groups is 1. The van der Waals surface area contributed by atoms with Gasteiger partial charge in [0, 0.05) is 24.5 Å². The molecule has 0 bridgehead atoms. The van der Waals surface area contributed by atoms with Crippen molar-refractivity contribution in [3.05, 3.63) is 30.1 Å². The van der Waals surface area contributed by atoms with Crippen molar-refractivity contribution in [2.45, 2.75) is 38.9 Å². The van der Waals surface area contributed by atoms with Crippen LogP contribution in [-0.2, 0) is 4.79 Å². The number of nitrogens with zero attached hydrogens (tertiary/aromatic N) is 2. The smallest absolute Gasteiger partial charge is 0.234 e. The minimum absolute atomic E-state index is 0.00652. The summed E-state index contributed by atoms with van der Waals surface area (Å²) in [6, 6.07) is 3.91. The summed E-state index contributed by atoms with van der Waals surface area (Å²) in [6.45, 7) is 6.15. The van der Waals surface area contributed by atoms with Crippen LogP contribution < -0.4 is 11.1 Å². The molecule has 0 aliphatic carbocycles. The molecule has 0 aromatic carbocycles. The zero-order chi connectivity index (χ0) is 14.4. The van der Waals surface area contributed by atoms with Crippen molar-refractivity contribution in [2.24, 2.45) is 5.73 Å². The number of likely N-dealkylation sites (N-methyl/N-ethyl adjacent to an activating group) is 1. The van der Waals surface area contributed by atoms with E-state index in [-0.39, 0.29) is 24.0 Å².